The minimum Gasteiger partial charge on any atom is -0.477 e. The van der Waals surface area contributed by atoms with Gasteiger partial charge in [0, 0.05) is 38.5 Å². The van der Waals surface area contributed by atoms with Crippen LogP contribution in [0.15, 0.2) is 36.4 Å². The molecule has 0 spiro atoms. The van der Waals surface area contributed by atoms with E-state index in [0.717, 1.165) is 67.8 Å². The van der Waals surface area contributed by atoms with Crippen LogP contribution >= 0.6 is 0 Å². The average Bonchev–Trinajstić information content (AvgIpc) is 3.39. The molecule has 3 fully saturated rings. The van der Waals surface area contributed by atoms with E-state index >= 15 is 0 Å². The third-order valence-corrected chi connectivity index (χ3v) is 7.94. The minimum atomic E-state index is -1.03. The van der Waals surface area contributed by atoms with E-state index in [1.165, 1.54) is 6.42 Å². The van der Waals surface area contributed by atoms with Crippen molar-refractivity contribution in [2.45, 2.75) is 51.0 Å². The predicted octanol–water partition coefficient (Wildman–Crippen LogP) is 3.83. The van der Waals surface area contributed by atoms with Gasteiger partial charge in [-0.25, -0.2) is 14.5 Å². The maximum atomic E-state index is 12.1. The maximum absolute atomic E-state index is 12.1. The Labute approximate surface area is 198 Å². The Hall–Kier alpha value is -3.42. The first-order valence-corrected chi connectivity index (χ1v) is 12.3. The summed E-state index contributed by atoms with van der Waals surface area (Å²) in [6.07, 6.45) is 5.26. The van der Waals surface area contributed by atoms with Crippen molar-refractivity contribution in [3.63, 3.8) is 0 Å². The van der Waals surface area contributed by atoms with Crippen molar-refractivity contribution < 1.29 is 14.7 Å². The van der Waals surface area contributed by atoms with E-state index in [1.54, 1.807) is 13.0 Å². The molecule has 1 saturated carbocycles. The van der Waals surface area contributed by atoms with Crippen LogP contribution in [0.3, 0.4) is 0 Å². The highest BCUT2D eigenvalue weighted by Gasteiger charge is 2.40. The molecule has 1 amide bonds. The van der Waals surface area contributed by atoms with Gasteiger partial charge in [0.2, 0.25) is 5.91 Å². The fraction of sp³-hybridized carbons (Fsp3) is 0.462. The van der Waals surface area contributed by atoms with Gasteiger partial charge in [-0.3, -0.25) is 4.79 Å². The average molecular weight is 460 g/mol. The van der Waals surface area contributed by atoms with Gasteiger partial charge in [-0.15, -0.1) is 0 Å². The third kappa shape index (κ3) is 3.35. The maximum Gasteiger partial charge on any atom is 0.354 e. The monoisotopic (exact) mass is 459 g/mol. The summed E-state index contributed by atoms with van der Waals surface area (Å²) in [5.74, 6) is -0.115. The van der Waals surface area contributed by atoms with E-state index in [-0.39, 0.29) is 17.6 Å². The molecular formula is C26H29N5O3. The molecule has 3 aromatic rings. The summed E-state index contributed by atoms with van der Waals surface area (Å²) < 4.78 is 1.82. The number of carbonyl (C=O) groups excluding carboxylic acids is 1. The number of benzene rings is 1. The number of hydrogen-bond donors (Lipinski definition) is 1. The van der Waals surface area contributed by atoms with Crippen LogP contribution in [0, 0.1) is 5.92 Å². The third-order valence-electron chi connectivity index (χ3n) is 7.94. The fourth-order valence-corrected chi connectivity index (χ4v) is 5.99. The molecule has 176 valence electrons. The molecule has 8 heteroatoms. The highest BCUT2D eigenvalue weighted by Crippen LogP contribution is 2.44. The van der Waals surface area contributed by atoms with Crippen LogP contribution in [0.1, 0.15) is 61.1 Å². The molecule has 2 atom stereocenters. The highest BCUT2D eigenvalue weighted by atomic mass is 16.4. The van der Waals surface area contributed by atoms with Crippen LogP contribution in [-0.2, 0) is 4.79 Å². The van der Waals surface area contributed by atoms with Gasteiger partial charge in [0.1, 0.15) is 0 Å². The van der Waals surface area contributed by atoms with Gasteiger partial charge in [0.15, 0.2) is 11.3 Å². The Balaban J connectivity index is 1.49. The molecule has 0 unspecified atom stereocenters. The largest absolute Gasteiger partial charge is 0.477 e. The molecule has 3 aliphatic rings. The number of nitrogens with zero attached hydrogens (tertiary/aromatic N) is 5. The van der Waals surface area contributed by atoms with Gasteiger partial charge in [-0.05, 0) is 49.8 Å². The molecule has 0 bridgehead atoms. The van der Waals surface area contributed by atoms with Gasteiger partial charge < -0.3 is 14.9 Å². The fourth-order valence-electron chi connectivity index (χ4n) is 5.99. The Morgan fingerprint density at radius 3 is 2.53 bits per heavy atom. The van der Waals surface area contributed by atoms with E-state index in [9.17, 15) is 14.7 Å². The topological polar surface area (TPSA) is 91.6 Å². The normalized spacial score (nSPS) is 22.6. The number of fused-ring (bicyclic) bond motifs is 2. The van der Waals surface area contributed by atoms with Crippen LogP contribution in [-0.4, -0.2) is 62.3 Å². The van der Waals surface area contributed by atoms with Crippen molar-refractivity contribution in [1.29, 1.82) is 0 Å². The molecule has 1 N–H and O–H groups in total. The summed E-state index contributed by atoms with van der Waals surface area (Å²) in [7, 11) is 0. The first-order chi connectivity index (χ1) is 16.5. The first kappa shape index (κ1) is 21.1. The molecule has 2 aliphatic heterocycles. The summed E-state index contributed by atoms with van der Waals surface area (Å²) >= 11 is 0. The molecular weight excluding hydrogens is 430 g/mol. The van der Waals surface area contributed by atoms with Crippen molar-refractivity contribution >= 4 is 28.6 Å². The van der Waals surface area contributed by atoms with E-state index < -0.39 is 5.97 Å². The highest BCUT2D eigenvalue weighted by molar-refractivity contribution is 5.98. The van der Waals surface area contributed by atoms with Crippen molar-refractivity contribution in [2.24, 2.45) is 5.92 Å². The van der Waals surface area contributed by atoms with E-state index in [1.807, 2.05) is 39.9 Å². The Bertz CT molecular complexity index is 1270. The van der Waals surface area contributed by atoms with E-state index in [2.05, 4.69) is 9.88 Å². The van der Waals surface area contributed by atoms with Crippen molar-refractivity contribution in [3.8, 4) is 5.69 Å². The van der Waals surface area contributed by atoms with Crippen LogP contribution in [0.2, 0.25) is 0 Å². The number of carboxylic acid groups (broad SMARTS) is 1. The lowest BCUT2D eigenvalue weighted by molar-refractivity contribution is -0.130. The quantitative estimate of drug-likeness (QED) is 0.638. The van der Waals surface area contributed by atoms with E-state index in [4.69, 9.17) is 5.10 Å². The Morgan fingerprint density at radius 2 is 1.85 bits per heavy atom. The summed E-state index contributed by atoms with van der Waals surface area (Å²) in [5.41, 5.74) is 3.49. The number of para-hydroxylation sites is 1. The van der Waals surface area contributed by atoms with Gasteiger partial charge in [-0.1, -0.05) is 24.6 Å². The molecule has 2 aromatic heterocycles. The van der Waals surface area contributed by atoms with E-state index in [0.29, 0.717) is 17.5 Å². The lowest BCUT2D eigenvalue weighted by Crippen LogP contribution is -2.47. The molecule has 1 aromatic carbocycles. The number of piperidine rings is 1. The van der Waals surface area contributed by atoms with Gasteiger partial charge in [0.25, 0.3) is 0 Å². The molecule has 4 heterocycles. The number of rotatable bonds is 4. The number of aromatic nitrogens is 3. The molecule has 0 radical (unpaired) electrons. The zero-order valence-corrected chi connectivity index (χ0v) is 19.4. The van der Waals surface area contributed by atoms with Gasteiger partial charge in [0.05, 0.1) is 22.5 Å². The van der Waals surface area contributed by atoms with Gasteiger partial charge in [-0.2, -0.15) is 5.10 Å². The van der Waals surface area contributed by atoms with Crippen molar-refractivity contribution in [3.05, 3.63) is 47.8 Å². The lowest BCUT2D eigenvalue weighted by atomic mass is 9.81. The smallest absolute Gasteiger partial charge is 0.354 e. The molecule has 1 aliphatic carbocycles. The van der Waals surface area contributed by atoms with Crippen LogP contribution in [0.4, 0.5) is 5.69 Å². The zero-order valence-electron chi connectivity index (χ0n) is 19.4. The number of anilines is 1. The number of carbonyl (C=O) groups is 2. The van der Waals surface area contributed by atoms with Crippen molar-refractivity contribution in [1.82, 2.24) is 19.7 Å². The molecule has 6 rings (SSSR count). The van der Waals surface area contributed by atoms with Crippen LogP contribution < -0.4 is 4.90 Å². The minimum absolute atomic E-state index is 0.0404. The molecule has 2 saturated heterocycles. The summed E-state index contributed by atoms with van der Waals surface area (Å²) in [4.78, 5) is 33.1. The second-order valence-corrected chi connectivity index (χ2v) is 9.85. The Kier molecular flexibility index (Phi) is 5.04. The molecule has 34 heavy (non-hydrogen) atoms. The summed E-state index contributed by atoms with van der Waals surface area (Å²) in [5, 5.41) is 15.9. The first-order valence-electron chi connectivity index (χ1n) is 12.3. The van der Waals surface area contributed by atoms with Gasteiger partial charge >= 0.3 is 5.97 Å². The van der Waals surface area contributed by atoms with Crippen molar-refractivity contribution in [2.75, 3.05) is 24.5 Å². The summed E-state index contributed by atoms with van der Waals surface area (Å²) in [6, 6.07) is 11.8. The second kappa shape index (κ2) is 8.11. The van der Waals surface area contributed by atoms with Crippen LogP contribution in [0.5, 0.6) is 0 Å². The number of carboxylic acids is 1. The SMILES string of the molecule is CC(=O)N1CC[C@H]2CN(c3cc(C(=O)O)nc4c3c(C3CCC3)nn4-c3ccccc3)CC[C@H]21. The number of pyridine rings is 1. The predicted molar refractivity (Wildman–Crippen MR) is 129 cm³/mol. The summed E-state index contributed by atoms with van der Waals surface area (Å²) in [6.45, 7) is 4.06. The Morgan fingerprint density at radius 1 is 1.06 bits per heavy atom. The number of amides is 1. The second-order valence-electron chi connectivity index (χ2n) is 9.85. The van der Waals surface area contributed by atoms with Crippen LogP contribution in [0.25, 0.3) is 16.7 Å². The number of likely N-dealkylation sites (tertiary alicyclic amines) is 1. The zero-order chi connectivity index (χ0) is 23.4. The number of aromatic carboxylic acids is 1. The molecule has 8 nitrogen and oxygen atoms in total. The standard InChI is InChI=1S/C26H29N5O3/c1-16(32)30-13-10-18-15-29(12-11-21(18)30)22-14-20(26(33)34)27-25-23(22)24(17-6-5-7-17)28-31(25)19-8-3-2-4-9-19/h2-4,8-9,14,17-18,21H,5-7,10-13,15H2,1H3,(H,33,34)/t18-,21+/m0/s1. The lowest BCUT2D eigenvalue weighted by Gasteiger charge is -2.39. The number of hydrogen-bond acceptors (Lipinski definition) is 5.